The van der Waals surface area contributed by atoms with Crippen LogP contribution < -0.4 is 5.32 Å². The van der Waals surface area contributed by atoms with E-state index in [1.165, 1.54) is 0 Å². The maximum atomic E-state index is 12.2. The van der Waals surface area contributed by atoms with Crippen LogP contribution in [0, 0.1) is 5.92 Å². The predicted octanol–water partition coefficient (Wildman–Crippen LogP) is 0.147. The molecule has 0 bridgehead atoms. The first-order valence-electron chi connectivity index (χ1n) is 7.27. The quantitative estimate of drug-likeness (QED) is 0.722. The first kappa shape index (κ1) is 16.4. The summed E-state index contributed by atoms with van der Waals surface area (Å²) in [5.41, 5.74) is -0.662. The van der Waals surface area contributed by atoms with E-state index in [2.05, 4.69) is 10.2 Å². The summed E-state index contributed by atoms with van der Waals surface area (Å²) in [7, 11) is 0. The number of nitrogens with zero attached hydrogens (tertiary/aromatic N) is 2. The van der Waals surface area contributed by atoms with E-state index in [1.807, 2.05) is 32.6 Å². The van der Waals surface area contributed by atoms with Gasteiger partial charge in [0.25, 0.3) is 0 Å². The first-order chi connectivity index (χ1) is 8.83. The van der Waals surface area contributed by atoms with Gasteiger partial charge in [-0.25, -0.2) is 0 Å². The highest BCUT2D eigenvalue weighted by Gasteiger charge is 2.26. The molecule has 1 aliphatic rings. The minimum atomic E-state index is -0.662. The van der Waals surface area contributed by atoms with Crippen LogP contribution in [0.5, 0.6) is 0 Å². The van der Waals surface area contributed by atoms with Gasteiger partial charge in [0.1, 0.15) is 0 Å². The average molecular weight is 271 g/mol. The summed E-state index contributed by atoms with van der Waals surface area (Å²) in [5.74, 6) is 0.282. The van der Waals surface area contributed by atoms with E-state index >= 15 is 0 Å². The Hall–Kier alpha value is -0.650. The lowest BCUT2D eigenvalue weighted by molar-refractivity contribution is -0.136. The minimum Gasteiger partial charge on any atom is -0.389 e. The van der Waals surface area contributed by atoms with Gasteiger partial charge in [-0.3, -0.25) is 9.69 Å². The molecule has 5 heteroatoms. The Kier molecular flexibility index (Phi) is 6.23. The maximum absolute atomic E-state index is 12.2. The Labute approximate surface area is 117 Å². The summed E-state index contributed by atoms with van der Waals surface area (Å²) in [6.07, 6.45) is 0. The highest BCUT2D eigenvalue weighted by Crippen LogP contribution is 2.10. The maximum Gasteiger partial charge on any atom is 0.226 e. The number of hydrogen-bond acceptors (Lipinski definition) is 4. The molecule has 1 rings (SSSR count). The molecule has 2 N–H and O–H groups in total. The fourth-order valence-electron chi connectivity index (χ4n) is 2.43. The van der Waals surface area contributed by atoms with Crippen molar-refractivity contribution in [2.24, 2.45) is 5.92 Å². The number of aliphatic hydroxyl groups is 1. The number of hydrogen-bond donors (Lipinski definition) is 2. The molecule has 0 aliphatic carbocycles. The van der Waals surface area contributed by atoms with Gasteiger partial charge in [-0.05, 0) is 20.4 Å². The Morgan fingerprint density at radius 1 is 1.32 bits per heavy atom. The van der Waals surface area contributed by atoms with Crippen LogP contribution in [0.25, 0.3) is 0 Å². The van der Waals surface area contributed by atoms with Gasteiger partial charge in [0, 0.05) is 45.2 Å². The lowest BCUT2D eigenvalue weighted by Gasteiger charge is -2.38. The zero-order valence-electron chi connectivity index (χ0n) is 12.8. The van der Waals surface area contributed by atoms with E-state index in [0.29, 0.717) is 6.54 Å². The first-order valence-corrected chi connectivity index (χ1v) is 7.27. The molecule has 1 saturated heterocycles. The lowest BCUT2D eigenvalue weighted by Crippen LogP contribution is -2.53. The molecular formula is C14H29N3O2. The number of β-amino-alcohol motifs (C(OH)–C–C–N with tert-alkyl or cyclic N) is 1. The molecule has 1 aliphatic heterocycles. The van der Waals surface area contributed by atoms with Crippen LogP contribution in [0.3, 0.4) is 0 Å². The van der Waals surface area contributed by atoms with Crippen molar-refractivity contribution in [2.75, 3.05) is 45.8 Å². The fraction of sp³-hybridized carbons (Fsp3) is 0.929. The van der Waals surface area contributed by atoms with E-state index in [-0.39, 0.29) is 11.8 Å². The second-order valence-electron chi connectivity index (χ2n) is 6.12. The molecular weight excluding hydrogens is 242 g/mol. The van der Waals surface area contributed by atoms with Crippen molar-refractivity contribution in [1.29, 1.82) is 0 Å². The van der Waals surface area contributed by atoms with Gasteiger partial charge in [0.2, 0.25) is 5.91 Å². The number of piperazine rings is 1. The van der Waals surface area contributed by atoms with Crippen molar-refractivity contribution in [1.82, 2.24) is 15.1 Å². The molecule has 1 amide bonds. The third-order valence-corrected chi connectivity index (χ3v) is 3.42. The van der Waals surface area contributed by atoms with Crippen molar-refractivity contribution in [2.45, 2.75) is 33.3 Å². The minimum absolute atomic E-state index is 0.0424. The Morgan fingerprint density at radius 3 is 2.37 bits per heavy atom. The molecule has 5 nitrogen and oxygen atoms in total. The van der Waals surface area contributed by atoms with E-state index in [0.717, 1.165) is 39.3 Å². The lowest BCUT2D eigenvalue weighted by atomic mass is 10.1. The standard InChI is InChI=1S/C14H29N3O2/c1-5-15-10-12(2)13(18)17-8-6-16(7-9-17)11-14(3,4)19/h12,15,19H,5-11H2,1-4H3. The molecule has 112 valence electrons. The van der Waals surface area contributed by atoms with Gasteiger partial charge in [0.15, 0.2) is 0 Å². The summed E-state index contributed by atoms with van der Waals surface area (Å²) < 4.78 is 0. The molecule has 0 saturated carbocycles. The number of amides is 1. The van der Waals surface area contributed by atoms with Crippen LogP contribution in [-0.2, 0) is 4.79 Å². The molecule has 0 aromatic carbocycles. The van der Waals surface area contributed by atoms with Crippen molar-refractivity contribution in [3.05, 3.63) is 0 Å². The number of carbonyl (C=O) groups is 1. The monoisotopic (exact) mass is 271 g/mol. The third kappa shape index (κ3) is 5.89. The second-order valence-corrected chi connectivity index (χ2v) is 6.12. The third-order valence-electron chi connectivity index (χ3n) is 3.42. The van der Waals surface area contributed by atoms with E-state index in [4.69, 9.17) is 0 Å². The normalized spacial score (nSPS) is 19.5. The summed E-state index contributed by atoms with van der Waals surface area (Å²) in [4.78, 5) is 16.4. The summed E-state index contributed by atoms with van der Waals surface area (Å²) in [6.45, 7) is 13.2. The van der Waals surface area contributed by atoms with Crippen molar-refractivity contribution in [3.8, 4) is 0 Å². The SMILES string of the molecule is CCNCC(C)C(=O)N1CCN(CC(C)(C)O)CC1. The van der Waals surface area contributed by atoms with Crippen LogP contribution in [0.15, 0.2) is 0 Å². The summed E-state index contributed by atoms with van der Waals surface area (Å²) in [6, 6.07) is 0. The average Bonchev–Trinajstić information content (AvgIpc) is 2.34. The van der Waals surface area contributed by atoms with Crippen LogP contribution in [-0.4, -0.2) is 72.2 Å². The Bertz CT molecular complexity index is 281. The van der Waals surface area contributed by atoms with Crippen molar-refractivity contribution < 1.29 is 9.90 Å². The number of nitrogens with one attached hydrogen (secondary N) is 1. The van der Waals surface area contributed by atoms with Crippen LogP contribution in [0.1, 0.15) is 27.7 Å². The zero-order valence-corrected chi connectivity index (χ0v) is 12.8. The molecule has 0 aromatic heterocycles. The van der Waals surface area contributed by atoms with E-state index in [9.17, 15) is 9.90 Å². The van der Waals surface area contributed by atoms with E-state index < -0.39 is 5.60 Å². The Morgan fingerprint density at radius 2 is 1.89 bits per heavy atom. The van der Waals surface area contributed by atoms with Gasteiger partial charge < -0.3 is 15.3 Å². The largest absolute Gasteiger partial charge is 0.389 e. The number of carbonyl (C=O) groups excluding carboxylic acids is 1. The van der Waals surface area contributed by atoms with E-state index in [1.54, 1.807) is 0 Å². The molecule has 1 heterocycles. The molecule has 1 unspecified atom stereocenters. The molecule has 0 radical (unpaired) electrons. The summed E-state index contributed by atoms with van der Waals surface area (Å²) in [5, 5.41) is 13.0. The molecule has 1 fully saturated rings. The van der Waals surface area contributed by atoms with Crippen LogP contribution in [0.2, 0.25) is 0 Å². The number of rotatable bonds is 6. The topological polar surface area (TPSA) is 55.8 Å². The molecule has 0 spiro atoms. The van der Waals surface area contributed by atoms with Gasteiger partial charge in [-0.15, -0.1) is 0 Å². The highest BCUT2D eigenvalue weighted by molar-refractivity contribution is 5.78. The second kappa shape index (κ2) is 7.22. The van der Waals surface area contributed by atoms with Crippen molar-refractivity contribution in [3.63, 3.8) is 0 Å². The predicted molar refractivity (Wildman–Crippen MR) is 77.0 cm³/mol. The molecule has 19 heavy (non-hydrogen) atoms. The molecule has 1 atom stereocenters. The van der Waals surface area contributed by atoms with Gasteiger partial charge >= 0.3 is 0 Å². The smallest absolute Gasteiger partial charge is 0.226 e. The van der Waals surface area contributed by atoms with Gasteiger partial charge in [-0.1, -0.05) is 13.8 Å². The van der Waals surface area contributed by atoms with Gasteiger partial charge in [0.05, 0.1) is 5.60 Å². The van der Waals surface area contributed by atoms with Gasteiger partial charge in [-0.2, -0.15) is 0 Å². The Balaban J connectivity index is 2.34. The highest BCUT2D eigenvalue weighted by atomic mass is 16.3. The fourth-order valence-corrected chi connectivity index (χ4v) is 2.43. The van der Waals surface area contributed by atoms with Crippen LogP contribution in [0.4, 0.5) is 0 Å². The van der Waals surface area contributed by atoms with Crippen molar-refractivity contribution >= 4 is 5.91 Å². The molecule has 0 aromatic rings. The zero-order chi connectivity index (χ0) is 14.5. The summed E-state index contributed by atoms with van der Waals surface area (Å²) >= 11 is 0. The van der Waals surface area contributed by atoms with Crippen LogP contribution >= 0.6 is 0 Å².